The number of rotatable bonds is 8. The highest BCUT2D eigenvalue weighted by Gasteiger charge is 2.10. The van der Waals surface area contributed by atoms with Crippen LogP contribution >= 0.6 is 31.9 Å². The Morgan fingerprint density at radius 1 is 1.17 bits per heavy atom. The number of halogens is 2. The van der Waals surface area contributed by atoms with Crippen LogP contribution in [0.5, 0.6) is 11.5 Å². The van der Waals surface area contributed by atoms with Gasteiger partial charge in [-0.25, -0.2) is 4.98 Å². The van der Waals surface area contributed by atoms with Gasteiger partial charge >= 0.3 is 0 Å². The Kier molecular flexibility index (Phi) is 7.36. The van der Waals surface area contributed by atoms with Gasteiger partial charge in [0.05, 0.1) is 18.2 Å². The van der Waals surface area contributed by atoms with Gasteiger partial charge in [-0.2, -0.15) is 5.10 Å². The molecule has 154 valence electrons. The van der Waals surface area contributed by atoms with Crippen molar-refractivity contribution in [3.8, 4) is 11.5 Å². The van der Waals surface area contributed by atoms with Crippen molar-refractivity contribution in [2.75, 3.05) is 12.5 Å². The van der Waals surface area contributed by atoms with Gasteiger partial charge < -0.3 is 9.47 Å². The van der Waals surface area contributed by atoms with Crippen molar-refractivity contribution >= 4 is 49.6 Å². The first kappa shape index (κ1) is 21.7. The summed E-state index contributed by atoms with van der Waals surface area (Å²) in [4.78, 5) is 14.1. The molecule has 0 unspecified atom stereocenters. The van der Waals surface area contributed by atoms with E-state index in [1.54, 1.807) is 19.4 Å². The molecule has 0 saturated carbocycles. The predicted octanol–water partition coefficient (Wildman–Crippen LogP) is 5.55. The number of anilines is 1. The zero-order valence-electron chi connectivity index (χ0n) is 15.7. The third kappa shape index (κ3) is 5.77. The highest BCUT2D eigenvalue weighted by atomic mass is 79.9. The van der Waals surface area contributed by atoms with Gasteiger partial charge in [-0.3, -0.25) is 15.5 Å². The number of pyridine rings is 1. The molecule has 0 saturated heterocycles. The maximum Gasteiger partial charge on any atom is 0.287 e. The van der Waals surface area contributed by atoms with Gasteiger partial charge in [0.2, 0.25) is 0 Å². The van der Waals surface area contributed by atoms with Crippen LogP contribution in [0.4, 0.5) is 11.5 Å². The quantitative estimate of drug-likeness (QED) is 0.231. The monoisotopic (exact) mass is 534 g/mol. The van der Waals surface area contributed by atoms with Gasteiger partial charge in [-0.1, -0.05) is 28.1 Å². The molecule has 0 bridgehead atoms. The summed E-state index contributed by atoms with van der Waals surface area (Å²) in [6, 6.07) is 14.3. The van der Waals surface area contributed by atoms with E-state index in [1.807, 2.05) is 30.3 Å². The number of hydrazone groups is 1. The number of nitrogens with one attached hydrogen (secondary N) is 1. The third-order valence-electron chi connectivity index (χ3n) is 3.93. The van der Waals surface area contributed by atoms with Gasteiger partial charge in [-0.05, 0) is 51.8 Å². The van der Waals surface area contributed by atoms with Gasteiger partial charge in [0.15, 0.2) is 11.5 Å². The average molecular weight is 536 g/mol. The van der Waals surface area contributed by atoms with Gasteiger partial charge in [0.1, 0.15) is 18.6 Å². The molecule has 0 aliphatic rings. The molecule has 0 radical (unpaired) electrons. The first-order chi connectivity index (χ1) is 14.5. The predicted molar refractivity (Wildman–Crippen MR) is 121 cm³/mol. The van der Waals surface area contributed by atoms with Crippen molar-refractivity contribution in [2.45, 2.75) is 6.61 Å². The summed E-state index contributed by atoms with van der Waals surface area (Å²) < 4.78 is 13.1. The second kappa shape index (κ2) is 10.2. The summed E-state index contributed by atoms with van der Waals surface area (Å²) >= 11 is 6.92. The number of ether oxygens (including phenoxy) is 2. The van der Waals surface area contributed by atoms with E-state index in [2.05, 4.69) is 47.4 Å². The Labute approximate surface area is 189 Å². The Hall–Kier alpha value is -2.98. The van der Waals surface area contributed by atoms with Crippen LogP contribution in [0.15, 0.2) is 68.8 Å². The first-order valence-electron chi connectivity index (χ1n) is 8.60. The highest BCUT2D eigenvalue weighted by Crippen LogP contribution is 2.33. The molecule has 3 rings (SSSR count). The molecule has 3 aromatic rings. The summed E-state index contributed by atoms with van der Waals surface area (Å²) in [5.41, 5.74) is 4.42. The fourth-order valence-corrected chi connectivity index (χ4v) is 3.08. The molecule has 0 aliphatic carbocycles. The summed E-state index contributed by atoms with van der Waals surface area (Å²) in [6.07, 6.45) is 2.74. The summed E-state index contributed by atoms with van der Waals surface area (Å²) in [5, 5.41) is 14.8. The molecule has 0 spiro atoms. The molecule has 0 aliphatic heterocycles. The minimum Gasteiger partial charge on any atom is -0.493 e. The molecular weight excluding hydrogens is 520 g/mol. The van der Waals surface area contributed by atoms with E-state index >= 15 is 0 Å². The molecule has 1 N–H and O–H groups in total. The second-order valence-corrected chi connectivity index (χ2v) is 7.74. The number of nitro groups is 1. The van der Waals surface area contributed by atoms with Gasteiger partial charge in [0, 0.05) is 20.6 Å². The highest BCUT2D eigenvalue weighted by molar-refractivity contribution is 9.10. The van der Waals surface area contributed by atoms with E-state index in [4.69, 9.17) is 9.47 Å². The lowest BCUT2D eigenvalue weighted by molar-refractivity contribution is -0.385. The van der Waals surface area contributed by atoms with Crippen molar-refractivity contribution in [3.63, 3.8) is 0 Å². The largest absolute Gasteiger partial charge is 0.493 e. The lowest BCUT2D eigenvalue weighted by Crippen LogP contribution is -2.00. The van der Waals surface area contributed by atoms with Crippen LogP contribution in [0.3, 0.4) is 0 Å². The van der Waals surface area contributed by atoms with Crippen molar-refractivity contribution in [1.29, 1.82) is 0 Å². The maximum atomic E-state index is 10.7. The van der Waals surface area contributed by atoms with Crippen LogP contribution < -0.4 is 14.9 Å². The van der Waals surface area contributed by atoms with Crippen molar-refractivity contribution in [3.05, 3.63) is 84.9 Å². The third-order valence-corrected chi connectivity index (χ3v) is 5.15. The number of aromatic nitrogens is 1. The van der Waals surface area contributed by atoms with Crippen LogP contribution in [-0.4, -0.2) is 23.2 Å². The number of hydrogen-bond acceptors (Lipinski definition) is 7. The molecule has 0 atom stereocenters. The molecule has 0 fully saturated rings. The minimum atomic E-state index is -0.510. The SMILES string of the molecule is COc1cc(/C=N/Nc2ccc([N+](=O)[O-])cn2)c(Br)cc1OCc1ccc(Br)cc1. The fraction of sp³-hybridized carbons (Fsp3) is 0.100. The molecule has 30 heavy (non-hydrogen) atoms. The molecule has 10 heteroatoms. The lowest BCUT2D eigenvalue weighted by Gasteiger charge is -2.13. The van der Waals surface area contributed by atoms with Crippen LogP contribution in [0.25, 0.3) is 0 Å². The first-order valence-corrected chi connectivity index (χ1v) is 10.2. The van der Waals surface area contributed by atoms with E-state index in [1.165, 1.54) is 12.1 Å². The fourth-order valence-electron chi connectivity index (χ4n) is 2.39. The molecular formula is C20H16Br2N4O4. The van der Waals surface area contributed by atoms with E-state index in [9.17, 15) is 10.1 Å². The van der Waals surface area contributed by atoms with E-state index in [0.29, 0.717) is 23.9 Å². The molecule has 8 nitrogen and oxygen atoms in total. The van der Waals surface area contributed by atoms with Crippen LogP contribution in [0, 0.1) is 10.1 Å². The van der Waals surface area contributed by atoms with Gasteiger partial charge in [-0.15, -0.1) is 0 Å². The average Bonchev–Trinajstić information content (AvgIpc) is 2.75. The Balaban J connectivity index is 1.68. The van der Waals surface area contributed by atoms with Crippen LogP contribution in [0.1, 0.15) is 11.1 Å². The number of benzene rings is 2. The van der Waals surface area contributed by atoms with Crippen LogP contribution in [-0.2, 0) is 6.61 Å². The topological polar surface area (TPSA) is 98.9 Å². The minimum absolute atomic E-state index is 0.0873. The number of hydrogen-bond donors (Lipinski definition) is 1. The van der Waals surface area contributed by atoms with E-state index in [0.717, 1.165) is 26.3 Å². The van der Waals surface area contributed by atoms with Crippen molar-refractivity contribution in [2.24, 2.45) is 5.10 Å². The summed E-state index contributed by atoms with van der Waals surface area (Å²) in [6.45, 7) is 0.400. The number of nitrogens with zero attached hydrogens (tertiary/aromatic N) is 3. The molecule has 1 heterocycles. The van der Waals surface area contributed by atoms with E-state index < -0.39 is 4.92 Å². The van der Waals surface area contributed by atoms with E-state index in [-0.39, 0.29) is 5.69 Å². The van der Waals surface area contributed by atoms with Crippen molar-refractivity contribution in [1.82, 2.24) is 4.98 Å². The maximum absolute atomic E-state index is 10.7. The Morgan fingerprint density at radius 2 is 1.93 bits per heavy atom. The zero-order valence-corrected chi connectivity index (χ0v) is 18.9. The number of methoxy groups -OCH3 is 1. The van der Waals surface area contributed by atoms with Crippen LogP contribution in [0.2, 0.25) is 0 Å². The zero-order chi connectivity index (χ0) is 21.5. The molecule has 0 amide bonds. The second-order valence-electron chi connectivity index (χ2n) is 5.97. The smallest absolute Gasteiger partial charge is 0.287 e. The normalized spacial score (nSPS) is 10.8. The molecule has 2 aromatic carbocycles. The molecule has 1 aromatic heterocycles. The van der Waals surface area contributed by atoms with Gasteiger partial charge in [0.25, 0.3) is 5.69 Å². The summed E-state index contributed by atoms with van der Waals surface area (Å²) in [7, 11) is 1.57. The Bertz CT molecular complexity index is 1060. The summed E-state index contributed by atoms with van der Waals surface area (Å²) in [5.74, 6) is 1.54. The van der Waals surface area contributed by atoms with Crippen molar-refractivity contribution < 1.29 is 14.4 Å². The standard InChI is InChI=1S/C20H16Br2N4O4/c1-29-18-8-14(10-24-25-20-7-6-16(11-23-20)26(27)28)17(22)9-19(18)30-12-13-2-4-15(21)5-3-13/h2-11H,12H2,1H3,(H,23,25)/b24-10+. The Morgan fingerprint density at radius 3 is 2.57 bits per heavy atom. The lowest BCUT2D eigenvalue weighted by atomic mass is 10.2.